The van der Waals surface area contributed by atoms with Gasteiger partial charge in [0.05, 0.1) is 0 Å². The maximum absolute atomic E-state index is 11.1. The molecule has 0 aromatic heterocycles. The average molecular weight is 345 g/mol. The van der Waals surface area contributed by atoms with Crippen molar-refractivity contribution in [2.24, 2.45) is 0 Å². The second-order valence-electron chi connectivity index (χ2n) is 5.88. The summed E-state index contributed by atoms with van der Waals surface area (Å²) in [6, 6.07) is 17.0. The van der Waals surface area contributed by atoms with E-state index < -0.39 is 36.6 Å². The quantitative estimate of drug-likeness (QED) is 0.552. The van der Waals surface area contributed by atoms with Crippen LogP contribution in [0.2, 0.25) is 0 Å². The van der Waals surface area contributed by atoms with Crippen molar-refractivity contribution in [1.82, 2.24) is 0 Å². The molecule has 1 aliphatic rings. The lowest BCUT2D eigenvalue weighted by molar-refractivity contribution is -0.221. The lowest BCUT2D eigenvalue weighted by Gasteiger charge is -2.39. The van der Waals surface area contributed by atoms with Crippen molar-refractivity contribution in [2.45, 2.75) is 30.6 Å². The van der Waals surface area contributed by atoms with Gasteiger partial charge in [0.25, 0.3) is 0 Å². The summed E-state index contributed by atoms with van der Waals surface area (Å²) in [7, 11) is 0. The van der Waals surface area contributed by atoms with Gasteiger partial charge in [-0.05, 0) is 23.3 Å². The normalized spacial score (nSPS) is 29.2. The Labute approximate surface area is 144 Å². The lowest BCUT2D eigenvalue weighted by atomic mass is 9.98. The van der Waals surface area contributed by atoms with Crippen molar-refractivity contribution >= 4 is 11.7 Å². The number of carboxylic acids is 1. The first kappa shape index (κ1) is 17.4. The summed E-state index contributed by atoms with van der Waals surface area (Å²) in [6.45, 7) is 0. The molecule has 7 heteroatoms. The topological polar surface area (TPSA) is 119 Å². The van der Waals surface area contributed by atoms with Gasteiger partial charge >= 0.3 is 5.97 Å². The number of anilines is 1. The summed E-state index contributed by atoms with van der Waals surface area (Å²) in [6.07, 6.45) is -7.59. The summed E-state index contributed by atoms with van der Waals surface area (Å²) < 4.78 is 5.19. The number of carboxylic acid groups (broad SMARTS) is 1. The molecule has 2 aromatic carbocycles. The molecule has 5 N–H and O–H groups in total. The van der Waals surface area contributed by atoms with Gasteiger partial charge in [-0.15, -0.1) is 0 Å². The minimum absolute atomic E-state index is 0.580. The summed E-state index contributed by atoms with van der Waals surface area (Å²) in [4.78, 5) is 11.1. The van der Waals surface area contributed by atoms with E-state index in [1.54, 1.807) is 12.1 Å². The molecule has 7 nitrogen and oxygen atoms in total. The van der Waals surface area contributed by atoms with Gasteiger partial charge in [0.1, 0.15) is 18.3 Å². The van der Waals surface area contributed by atoms with Gasteiger partial charge in [0, 0.05) is 5.69 Å². The first-order chi connectivity index (χ1) is 12.0. The Kier molecular flexibility index (Phi) is 5.00. The Morgan fingerprint density at radius 1 is 0.840 bits per heavy atom. The molecular formula is C18H19NO6. The zero-order valence-electron chi connectivity index (χ0n) is 13.2. The number of rotatable bonds is 4. The van der Waals surface area contributed by atoms with Gasteiger partial charge in [-0.25, -0.2) is 4.79 Å². The molecule has 1 heterocycles. The van der Waals surface area contributed by atoms with Gasteiger partial charge < -0.3 is 30.5 Å². The van der Waals surface area contributed by atoms with Crippen LogP contribution < -0.4 is 5.32 Å². The monoisotopic (exact) mass is 345 g/mol. The highest BCUT2D eigenvalue weighted by molar-refractivity contribution is 5.73. The van der Waals surface area contributed by atoms with E-state index in [0.29, 0.717) is 5.69 Å². The molecule has 0 bridgehead atoms. The Bertz CT molecular complexity index is 720. The van der Waals surface area contributed by atoms with Crippen LogP contribution in [0.25, 0.3) is 11.1 Å². The van der Waals surface area contributed by atoms with Gasteiger partial charge in [-0.2, -0.15) is 0 Å². The van der Waals surface area contributed by atoms with Crippen molar-refractivity contribution < 1.29 is 30.0 Å². The van der Waals surface area contributed by atoms with E-state index in [1.165, 1.54) is 0 Å². The highest BCUT2D eigenvalue weighted by Gasteiger charge is 2.46. The zero-order chi connectivity index (χ0) is 18.0. The number of aliphatic carboxylic acids is 1. The second-order valence-corrected chi connectivity index (χ2v) is 5.88. The molecule has 1 unspecified atom stereocenters. The van der Waals surface area contributed by atoms with Crippen LogP contribution in [0.15, 0.2) is 54.6 Å². The standard InChI is InChI=1S/C18H19NO6/c20-13-14(21)16(18(23)24)25-17(15(13)22)19-12-8-6-11(7-9-12)10-4-2-1-3-5-10/h1-9,13-17,19-22H,(H,23,24)/t13-,14-,15-,16?,17+/m0/s1. The number of benzene rings is 2. The van der Waals surface area contributed by atoms with E-state index in [2.05, 4.69) is 5.32 Å². The van der Waals surface area contributed by atoms with Crippen LogP contribution in [-0.4, -0.2) is 57.0 Å². The fraction of sp³-hybridized carbons (Fsp3) is 0.278. The molecule has 0 saturated carbocycles. The first-order valence-corrected chi connectivity index (χ1v) is 7.82. The predicted molar refractivity (Wildman–Crippen MR) is 89.8 cm³/mol. The van der Waals surface area contributed by atoms with Crippen LogP contribution in [-0.2, 0) is 9.53 Å². The molecule has 0 amide bonds. The Balaban J connectivity index is 1.74. The van der Waals surface area contributed by atoms with E-state index in [-0.39, 0.29) is 0 Å². The van der Waals surface area contributed by atoms with E-state index in [9.17, 15) is 20.1 Å². The fourth-order valence-electron chi connectivity index (χ4n) is 2.76. The van der Waals surface area contributed by atoms with Crippen LogP contribution in [0.5, 0.6) is 0 Å². The van der Waals surface area contributed by atoms with Crippen molar-refractivity contribution in [3.05, 3.63) is 54.6 Å². The maximum Gasteiger partial charge on any atom is 0.335 e. The van der Waals surface area contributed by atoms with Crippen molar-refractivity contribution in [3.63, 3.8) is 0 Å². The minimum Gasteiger partial charge on any atom is -0.479 e. The van der Waals surface area contributed by atoms with E-state index in [4.69, 9.17) is 9.84 Å². The Morgan fingerprint density at radius 3 is 2.04 bits per heavy atom. The molecule has 132 valence electrons. The lowest BCUT2D eigenvalue weighted by Crippen LogP contribution is -2.61. The largest absolute Gasteiger partial charge is 0.479 e. The summed E-state index contributed by atoms with van der Waals surface area (Å²) in [5, 5.41) is 41.4. The molecular weight excluding hydrogens is 326 g/mol. The van der Waals surface area contributed by atoms with Crippen LogP contribution in [0.3, 0.4) is 0 Å². The van der Waals surface area contributed by atoms with Crippen molar-refractivity contribution in [3.8, 4) is 11.1 Å². The number of aliphatic hydroxyl groups excluding tert-OH is 3. The third kappa shape index (κ3) is 3.64. The maximum atomic E-state index is 11.1. The van der Waals surface area contributed by atoms with Crippen LogP contribution in [0, 0.1) is 0 Å². The zero-order valence-corrected chi connectivity index (χ0v) is 13.2. The van der Waals surface area contributed by atoms with E-state index >= 15 is 0 Å². The molecule has 5 atom stereocenters. The predicted octanol–water partition coefficient (Wildman–Crippen LogP) is 0.658. The third-order valence-electron chi connectivity index (χ3n) is 4.16. The van der Waals surface area contributed by atoms with E-state index in [1.807, 2.05) is 42.5 Å². The number of hydrogen-bond acceptors (Lipinski definition) is 6. The number of carbonyl (C=O) groups is 1. The summed E-state index contributed by atoms with van der Waals surface area (Å²) in [5.74, 6) is -1.41. The number of nitrogens with one attached hydrogen (secondary N) is 1. The van der Waals surface area contributed by atoms with Crippen molar-refractivity contribution in [2.75, 3.05) is 5.32 Å². The SMILES string of the molecule is O=C(O)C1O[C@@H](Nc2ccc(-c3ccccc3)cc2)[C@@H](O)[C@@H](O)[C@@H]1O. The third-order valence-corrected chi connectivity index (χ3v) is 4.16. The number of ether oxygens (including phenoxy) is 1. The molecule has 1 saturated heterocycles. The van der Waals surface area contributed by atoms with Crippen LogP contribution in [0.1, 0.15) is 0 Å². The highest BCUT2D eigenvalue weighted by atomic mass is 16.6. The number of aliphatic hydroxyl groups is 3. The van der Waals surface area contributed by atoms with Gasteiger partial charge in [0.15, 0.2) is 12.3 Å². The molecule has 0 aliphatic carbocycles. The molecule has 1 aliphatic heterocycles. The van der Waals surface area contributed by atoms with Crippen molar-refractivity contribution in [1.29, 1.82) is 0 Å². The van der Waals surface area contributed by atoms with E-state index in [0.717, 1.165) is 11.1 Å². The van der Waals surface area contributed by atoms with Crippen LogP contribution in [0.4, 0.5) is 5.69 Å². The number of hydrogen-bond donors (Lipinski definition) is 5. The molecule has 2 aromatic rings. The second kappa shape index (κ2) is 7.20. The van der Waals surface area contributed by atoms with Gasteiger partial charge in [-0.1, -0.05) is 42.5 Å². The molecule has 3 rings (SSSR count). The smallest absolute Gasteiger partial charge is 0.335 e. The molecule has 25 heavy (non-hydrogen) atoms. The molecule has 0 radical (unpaired) electrons. The van der Waals surface area contributed by atoms with Gasteiger partial charge in [-0.3, -0.25) is 0 Å². The fourth-order valence-corrected chi connectivity index (χ4v) is 2.76. The summed E-state index contributed by atoms with van der Waals surface area (Å²) >= 11 is 0. The first-order valence-electron chi connectivity index (χ1n) is 7.82. The van der Waals surface area contributed by atoms with Crippen LogP contribution >= 0.6 is 0 Å². The Hall–Kier alpha value is -2.45. The Morgan fingerprint density at radius 2 is 1.44 bits per heavy atom. The minimum atomic E-state index is -1.70. The highest BCUT2D eigenvalue weighted by Crippen LogP contribution is 2.25. The molecule has 0 spiro atoms. The van der Waals surface area contributed by atoms with Gasteiger partial charge in [0.2, 0.25) is 0 Å². The molecule has 1 fully saturated rings. The summed E-state index contributed by atoms with van der Waals surface area (Å²) in [5.41, 5.74) is 2.62. The average Bonchev–Trinajstić information content (AvgIpc) is 2.63.